The molecule has 0 spiro atoms. The number of hydrogen-bond donors (Lipinski definition) is 3. The van der Waals surface area contributed by atoms with Gasteiger partial charge >= 0.3 is 6.36 Å². The van der Waals surface area contributed by atoms with Crippen molar-refractivity contribution < 1.29 is 32.2 Å². The van der Waals surface area contributed by atoms with Crippen molar-refractivity contribution in [2.45, 2.75) is 57.5 Å². The second kappa shape index (κ2) is 19.6. The summed E-state index contributed by atoms with van der Waals surface area (Å²) >= 11 is 3.45. The van der Waals surface area contributed by atoms with Crippen LogP contribution in [-0.4, -0.2) is 98.6 Å². The highest BCUT2D eigenvalue weighted by atomic mass is 79.9. The molecular weight excluding hydrogens is 901 g/mol. The number of nitrogens with one attached hydrogen (secondary N) is 3. The number of carbonyl (C=O) groups excluding carboxylic acids is 2. The van der Waals surface area contributed by atoms with Gasteiger partial charge in [-0.15, -0.1) is 13.2 Å². The van der Waals surface area contributed by atoms with Crippen LogP contribution in [0.25, 0.3) is 21.8 Å². The van der Waals surface area contributed by atoms with Crippen LogP contribution in [0.2, 0.25) is 0 Å². The first-order valence-corrected chi connectivity index (χ1v) is 22.5. The maximum Gasteiger partial charge on any atom is 0.573 e. The van der Waals surface area contributed by atoms with Crippen LogP contribution in [0.5, 0.6) is 11.5 Å². The molecule has 0 bridgehead atoms. The lowest BCUT2D eigenvalue weighted by atomic mass is 9.88. The number of aromatic nitrogens is 2. The van der Waals surface area contributed by atoms with Gasteiger partial charge in [0.15, 0.2) is 6.10 Å². The highest BCUT2D eigenvalue weighted by molar-refractivity contribution is 9.10. The Morgan fingerprint density at radius 3 is 1.86 bits per heavy atom. The van der Waals surface area contributed by atoms with Crippen LogP contribution in [0.3, 0.4) is 0 Å². The predicted octanol–water partition coefficient (Wildman–Crippen LogP) is 9.20. The summed E-state index contributed by atoms with van der Waals surface area (Å²) in [4.78, 5) is 45.6. The minimum absolute atomic E-state index is 0.277. The van der Waals surface area contributed by atoms with Crippen molar-refractivity contribution >= 4 is 72.6 Å². The van der Waals surface area contributed by atoms with E-state index < -0.39 is 35.9 Å². The van der Waals surface area contributed by atoms with Crippen molar-refractivity contribution in [1.82, 2.24) is 20.2 Å². The number of nitrogens with zero attached hydrogens (tertiary/aromatic N) is 5. The molecule has 8 rings (SSSR count). The van der Waals surface area contributed by atoms with E-state index in [-0.39, 0.29) is 6.42 Å². The van der Waals surface area contributed by atoms with Crippen LogP contribution >= 0.6 is 15.9 Å². The van der Waals surface area contributed by atoms with E-state index in [9.17, 15) is 22.8 Å². The molecule has 3 N–H and O–H groups in total. The van der Waals surface area contributed by atoms with Gasteiger partial charge < -0.3 is 40.1 Å². The monoisotopic (exact) mass is 952 g/mol. The molecule has 0 radical (unpaired) electrons. The molecule has 4 aromatic carbocycles. The van der Waals surface area contributed by atoms with Crippen LogP contribution < -0.4 is 35.2 Å². The fourth-order valence-corrected chi connectivity index (χ4v) is 8.92. The van der Waals surface area contributed by atoms with E-state index in [1.807, 2.05) is 44.2 Å². The van der Waals surface area contributed by atoms with Gasteiger partial charge in [0, 0.05) is 84.3 Å². The van der Waals surface area contributed by atoms with E-state index >= 15 is 0 Å². The Kier molecular flexibility index (Phi) is 13.8. The number of alkyl halides is 3. The number of fused-ring (bicyclic) bond motifs is 2. The molecule has 2 aliphatic rings. The molecule has 2 amide bonds. The standard InChI is InChI=1S/C49H52BrF3N8O4/c1-30-25-44(60-21-17-36(18-22-60)59(3)4)57-43-16-10-35(28-40(30)43)56-48(63)47(64-37-13-7-33(50)8-14-37)41(32-5-11-38(12-6-32)65-49(51,52)53)29-46(62)55-34-9-15-42-39(27-34)31(2)26-45(58-42)61-23-19-54-20-24-61/h5-16,25-28,36,41,47,54H,17-24,29H2,1-4H3,(H,55,62)(H,56,63). The second-order valence-corrected chi connectivity index (χ2v) is 17.9. The lowest BCUT2D eigenvalue weighted by Crippen LogP contribution is -2.43. The summed E-state index contributed by atoms with van der Waals surface area (Å²) in [5.41, 5.74) is 4.94. The number of benzene rings is 4. The Bertz CT molecular complexity index is 2650. The van der Waals surface area contributed by atoms with Crippen molar-refractivity contribution in [2.75, 3.05) is 73.8 Å². The van der Waals surface area contributed by atoms with Crippen molar-refractivity contribution in [3.05, 3.63) is 118 Å². The quantitative estimate of drug-likeness (QED) is 0.103. The molecule has 65 heavy (non-hydrogen) atoms. The minimum atomic E-state index is -4.91. The zero-order valence-corrected chi connectivity index (χ0v) is 38.3. The molecule has 12 nitrogen and oxygen atoms in total. The highest BCUT2D eigenvalue weighted by Gasteiger charge is 2.35. The molecule has 2 aliphatic heterocycles. The van der Waals surface area contributed by atoms with E-state index in [1.165, 1.54) is 12.1 Å². The molecule has 340 valence electrons. The normalized spacial score (nSPS) is 15.8. The van der Waals surface area contributed by atoms with Gasteiger partial charge in [-0.25, -0.2) is 9.97 Å². The van der Waals surface area contributed by atoms with E-state index in [0.717, 1.165) is 113 Å². The van der Waals surface area contributed by atoms with Crippen LogP contribution in [0, 0.1) is 13.8 Å². The summed E-state index contributed by atoms with van der Waals surface area (Å²) in [6.07, 6.45) is -4.43. The third-order valence-electron chi connectivity index (χ3n) is 12.2. The molecule has 2 saturated heterocycles. The van der Waals surface area contributed by atoms with Gasteiger partial charge in [0.2, 0.25) is 5.91 Å². The second-order valence-electron chi connectivity index (χ2n) is 16.9. The first-order chi connectivity index (χ1) is 31.2. The van der Waals surface area contributed by atoms with Crippen LogP contribution in [0.4, 0.5) is 36.2 Å². The lowest BCUT2D eigenvalue weighted by molar-refractivity contribution is -0.274. The number of anilines is 4. The number of rotatable bonds is 13. The summed E-state index contributed by atoms with van der Waals surface area (Å²) in [5, 5.41) is 11.1. The van der Waals surface area contributed by atoms with E-state index in [0.29, 0.717) is 28.7 Å². The largest absolute Gasteiger partial charge is 0.573 e. The molecule has 2 fully saturated rings. The number of amides is 2. The number of hydrogen-bond acceptors (Lipinski definition) is 10. The third-order valence-corrected chi connectivity index (χ3v) is 12.7. The number of aryl methyl sites for hydroxylation is 2. The summed E-state index contributed by atoms with van der Waals surface area (Å²) in [6, 6.07) is 27.7. The van der Waals surface area contributed by atoms with Crippen LogP contribution in [0.15, 0.2) is 102 Å². The van der Waals surface area contributed by atoms with Gasteiger partial charge in [-0.1, -0.05) is 28.1 Å². The molecule has 0 aliphatic carbocycles. The summed E-state index contributed by atoms with van der Waals surface area (Å²) in [6.45, 7) is 9.31. The van der Waals surface area contributed by atoms with Gasteiger partial charge in [0.25, 0.3) is 5.91 Å². The van der Waals surface area contributed by atoms with Crippen molar-refractivity contribution in [3.8, 4) is 11.5 Å². The van der Waals surface area contributed by atoms with Gasteiger partial charge in [0.1, 0.15) is 23.1 Å². The topological polar surface area (TPSA) is 124 Å². The Balaban J connectivity index is 1.08. The van der Waals surface area contributed by atoms with E-state index in [4.69, 9.17) is 14.7 Å². The van der Waals surface area contributed by atoms with Crippen molar-refractivity contribution in [1.29, 1.82) is 0 Å². The Morgan fingerprint density at radius 1 is 0.769 bits per heavy atom. The number of halogens is 4. The molecular formula is C49H52BrF3N8O4. The van der Waals surface area contributed by atoms with Crippen LogP contribution in [-0.2, 0) is 9.59 Å². The molecule has 2 aromatic heterocycles. The Hall–Kier alpha value is -5.97. The van der Waals surface area contributed by atoms with Gasteiger partial charge in [-0.05, 0) is 142 Å². The Labute approximate surface area is 384 Å². The zero-order valence-electron chi connectivity index (χ0n) is 36.7. The lowest BCUT2D eigenvalue weighted by Gasteiger charge is -2.36. The third kappa shape index (κ3) is 11.3. The van der Waals surface area contributed by atoms with Gasteiger partial charge in [0.05, 0.1) is 11.0 Å². The Morgan fingerprint density at radius 2 is 1.31 bits per heavy atom. The number of piperidine rings is 1. The van der Waals surface area contributed by atoms with Gasteiger partial charge in [-0.2, -0.15) is 0 Å². The summed E-state index contributed by atoms with van der Waals surface area (Å²) in [5.74, 6) is -0.301. The molecule has 2 unspecified atom stereocenters. The summed E-state index contributed by atoms with van der Waals surface area (Å²) < 4.78 is 51.1. The first kappa shape index (κ1) is 45.6. The fraction of sp³-hybridized carbons (Fsp3) is 0.347. The molecule has 2 atom stereocenters. The summed E-state index contributed by atoms with van der Waals surface area (Å²) in [7, 11) is 4.23. The fourth-order valence-electron chi connectivity index (χ4n) is 8.66. The molecule has 16 heteroatoms. The number of carbonyl (C=O) groups is 2. The zero-order chi connectivity index (χ0) is 45.8. The number of ether oxygens (including phenoxy) is 2. The molecule has 0 saturated carbocycles. The average molecular weight is 954 g/mol. The smallest absolute Gasteiger partial charge is 0.480 e. The maximum atomic E-state index is 14.7. The predicted molar refractivity (Wildman–Crippen MR) is 253 cm³/mol. The SMILES string of the molecule is Cc1cc(N2CCNCC2)nc2ccc(NC(=O)CC(c3ccc(OC(F)(F)F)cc3)C(Oc3ccc(Br)cc3)C(=O)Nc3ccc4nc(N5CCC(N(C)C)CC5)cc(C)c4c3)cc12. The highest BCUT2D eigenvalue weighted by Crippen LogP contribution is 2.34. The van der Waals surface area contributed by atoms with E-state index in [1.54, 1.807) is 36.4 Å². The molecule has 6 aromatic rings. The van der Waals surface area contributed by atoms with Crippen molar-refractivity contribution in [3.63, 3.8) is 0 Å². The van der Waals surface area contributed by atoms with Gasteiger partial charge in [-0.3, -0.25) is 9.59 Å². The van der Waals surface area contributed by atoms with Crippen molar-refractivity contribution in [2.24, 2.45) is 0 Å². The average Bonchev–Trinajstić information content (AvgIpc) is 3.28. The number of pyridine rings is 2. The van der Waals surface area contributed by atoms with E-state index in [2.05, 4.69) is 71.5 Å². The first-order valence-electron chi connectivity index (χ1n) is 21.7. The number of piperazine rings is 1. The molecule has 4 heterocycles. The minimum Gasteiger partial charge on any atom is -0.480 e. The maximum absolute atomic E-state index is 14.7. The van der Waals surface area contributed by atoms with Crippen LogP contribution in [0.1, 0.15) is 41.9 Å².